The Morgan fingerprint density at radius 3 is 2.35 bits per heavy atom. The fraction of sp³-hybridized carbons (Fsp3) is 0.480. The number of carbonyl (C=O) groups excluding carboxylic acids is 1. The van der Waals surface area contributed by atoms with E-state index in [4.69, 9.17) is 0 Å². The third-order valence-corrected chi connectivity index (χ3v) is 7.94. The lowest BCUT2D eigenvalue weighted by Gasteiger charge is -2.29. The van der Waals surface area contributed by atoms with Crippen LogP contribution in [0.25, 0.3) is 0 Å². The average Bonchev–Trinajstić information content (AvgIpc) is 2.74. The molecule has 0 aromatic heterocycles. The van der Waals surface area contributed by atoms with Gasteiger partial charge in [-0.05, 0) is 61.3 Å². The number of sulfonamides is 1. The number of amides is 1. The number of hydrogen-bond donors (Lipinski definition) is 1. The quantitative estimate of drug-likeness (QED) is 0.661. The van der Waals surface area contributed by atoms with Gasteiger partial charge in [-0.1, -0.05) is 57.2 Å². The average molecular weight is 443 g/mol. The normalized spacial score (nSPS) is 16.9. The van der Waals surface area contributed by atoms with E-state index in [1.54, 1.807) is 16.4 Å². The summed E-state index contributed by atoms with van der Waals surface area (Å²) in [7, 11) is -3.60. The van der Waals surface area contributed by atoms with E-state index >= 15 is 0 Å². The van der Waals surface area contributed by atoms with Crippen LogP contribution in [-0.2, 0) is 10.0 Å². The lowest BCUT2D eigenvalue weighted by atomic mass is 9.96. The summed E-state index contributed by atoms with van der Waals surface area (Å²) in [5.74, 6) is 0.706. The predicted octanol–water partition coefficient (Wildman–Crippen LogP) is 4.93. The first kappa shape index (κ1) is 23.5. The molecule has 1 fully saturated rings. The first-order valence-corrected chi connectivity index (χ1v) is 12.6. The van der Waals surface area contributed by atoms with Gasteiger partial charge in [-0.25, -0.2) is 8.42 Å². The van der Waals surface area contributed by atoms with Gasteiger partial charge in [-0.3, -0.25) is 4.79 Å². The van der Waals surface area contributed by atoms with Gasteiger partial charge >= 0.3 is 0 Å². The van der Waals surface area contributed by atoms with Crippen molar-refractivity contribution in [1.29, 1.82) is 0 Å². The van der Waals surface area contributed by atoms with E-state index in [1.165, 1.54) is 6.07 Å². The van der Waals surface area contributed by atoms with Gasteiger partial charge < -0.3 is 5.32 Å². The molecule has 6 heteroatoms. The van der Waals surface area contributed by atoms with Gasteiger partial charge in [0.15, 0.2) is 0 Å². The van der Waals surface area contributed by atoms with Crippen LogP contribution in [0.3, 0.4) is 0 Å². The molecular formula is C25H34N2O3S. The van der Waals surface area contributed by atoms with Crippen molar-refractivity contribution in [2.45, 2.75) is 57.9 Å². The number of nitrogens with one attached hydrogen (secondary N) is 1. The Morgan fingerprint density at radius 2 is 1.74 bits per heavy atom. The highest BCUT2D eigenvalue weighted by atomic mass is 32.2. The maximum Gasteiger partial charge on any atom is 0.252 e. The molecular weight excluding hydrogens is 408 g/mol. The Bertz CT molecular complexity index is 995. The van der Waals surface area contributed by atoms with Crippen molar-refractivity contribution in [1.82, 2.24) is 9.62 Å². The molecule has 1 aliphatic rings. The van der Waals surface area contributed by atoms with Crippen LogP contribution < -0.4 is 5.32 Å². The van der Waals surface area contributed by atoms with Gasteiger partial charge in [0.2, 0.25) is 10.0 Å². The summed E-state index contributed by atoms with van der Waals surface area (Å²) in [6, 6.07) is 14.7. The summed E-state index contributed by atoms with van der Waals surface area (Å²) in [5.41, 5.74) is 2.23. The molecule has 1 heterocycles. The molecule has 0 radical (unpaired) electrons. The zero-order valence-corrected chi connectivity index (χ0v) is 19.8. The van der Waals surface area contributed by atoms with E-state index in [0.29, 0.717) is 30.5 Å². The van der Waals surface area contributed by atoms with Gasteiger partial charge in [-0.15, -0.1) is 0 Å². The van der Waals surface area contributed by atoms with Crippen LogP contribution in [0.2, 0.25) is 0 Å². The topological polar surface area (TPSA) is 66.5 Å². The zero-order chi connectivity index (χ0) is 22.6. The SMILES string of the molecule is Cc1ccc(S(=O)(=O)N2CCC(C)CC2)cc1C(=O)N[C@H](CC(C)C)c1ccccc1. The molecule has 2 aromatic rings. The van der Waals surface area contributed by atoms with Crippen LogP contribution in [0.15, 0.2) is 53.4 Å². The van der Waals surface area contributed by atoms with E-state index < -0.39 is 10.0 Å². The van der Waals surface area contributed by atoms with Crippen LogP contribution in [-0.4, -0.2) is 31.7 Å². The molecule has 0 spiro atoms. The standard InChI is InChI=1S/C25H34N2O3S/c1-18(2)16-24(21-8-6-5-7-9-21)26-25(28)23-17-22(11-10-20(23)4)31(29,30)27-14-12-19(3)13-15-27/h5-11,17-19,24H,12-16H2,1-4H3,(H,26,28)/t24-/m1/s1. The summed E-state index contributed by atoms with van der Waals surface area (Å²) in [6.07, 6.45) is 2.54. The van der Waals surface area contributed by atoms with E-state index in [1.807, 2.05) is 37.3 Å². The fourth-order valence-electron chi connectivity index (χ4n) is 4.05. The summed E-state index contributed by atoms with van der Waals surface area (Å²) < 4.78 is 27.9. The van der Waals surface area contributed by atoms with Gasteiger partial charge in [-0.2, -0.15) is 4.31 Å². The van der Waals surface area contributed by atoms with E-state index in [2.05, 4.69) is 26.1 Å². The van der Waals surface area contributed by atoms with Crippen molar-refractivity contribution < 1.29 is 13.2 Å². The van der Waals surface area contributed by atoms with Crippen LogP contribution >= 0.6 is 0 Å². The first-order valence-electron chi connectivity index (χ1n) is 11.1. The van der Waals surface area contributed by atoms with E-state index in [-0.39, 0.29) is 16.8 Å². The third kappa shape index (κ3) is 5.74. The van der Waals surface area contributed by atoms with Crippen molar-refractivity contribution in [2.24, 2.45) is 11.8 Å². The molecule has 0 saturated carbocycles. The molecule has 3 rings (SSSR count). The van der Waals surface area contributed by atoms with E-state index in [9.17, 15) is 13.2 Å². The minimum atomic E-state index is -3.60. The molecule has 2 aromatic carbocycles. The van der Waals surface area contributed by atoms with Crippen LogP contribution in [0.4, 0.5) is 0 Å². The summed E-state index contributed by atoms with van der Waals surface area (Å²) in [4.78, 5) is 13.4. The predicted molar refractivity (Wildman–Crippen MR) is 124 cm³/mol. The maximum absolute atomic E-state index is 13.2. The summed E-state index contributed by atoms with van der Waals surface area (Å²) in [5, 5.41) is 3.14. The van der Waals surface area contributed by atoms with Gasteiger partial charge in [0.25, 0.3) is 5.91 Å². The van der Waals surface area contributed by atoms with Crippen LogP contribution in [0.5, 0.6) is 0 Å². The second-order valence-corrected chi connectivity index (χ2v) is 11.1. The Hall–Kier alpha value is -2.18. The second-order valence-electron chi connectivity index (χ2n) is 9.13. The smallest absolute Gasteiger partial charge is 0.252 e. The van der Waals surface area contributed by atoms with Gasteiger partial charge in [0, 0.05) is 18.7 Å². The molecule has 168 valence electrons. The highest BCUT2D eigenvalue weighted by Crippen LogP contribution is 2.26. The van der Waals surface area contributed by atoms with Crippen LogP contribution in [0, 0.1) is 18.8 Å². The van der Waals surface area contributed by atoms with Crippen molar-refractivity contribution in [2.75, 3.05) is 13.1 Å². The minimum absolute atomic E-state index is 0.128. The van der Waals surface area contributed by atoms with Crippen molar-refractivity contribution in [3.63, 3.8) is 0 Å². The minimum Gasteiger partial charge on any atom is -0.345 e. The number of rotatable bonds is 7. The summed E-state index contributed by atoms with van der Waals surface area (Å²) in [6.45, 7) is 9.30. The largest absolute Gasteiger partial charge is 0.345 e. The molecule has 1 N–H and O–H groups in total. The number of aryl methyl sites for hydroxylation is 1. The number of nitrogens with zero attached hydrogens (tertiary/aromatic N) is 1. The first-order chi connectivity index (χ1) is 14.7. The summed E-state index contributed by atoms with van der Waals surface area (Å²) >= 11 is 0. The molecule has 1 atom stereocenters. The lowest BCUT2D eigenvalue weighted by Crippen LogP contribution is -2.38. The van der Waals surface area contributed by atoms with E-state index in [0.717, 1.165) is 30.4 Å². The highest BCUT2D eigenvalue weighted by Gasteiger charge is 2.29. The number of benzene rings is 2. The molecule has 1 saturated heterocycles. The van der Waals surface area contributed by atoms with Gasteiger partial charge in [0.1, 0.15) is 0 Å². The monoisotopic (exact) mass is 442 g/mol. The Balaban J connectivity index is 1.85. The van der Waals surface area contributed by atoms with Crippen molar-refractivity contribution in [3.8, 4) is 0 Å². The van der Waals surface area contributed by atoms with Crippen molar-refractivity contribution in [3.05, 3.63) is 65.2 Å². The zero-order valence-electron chi connectivity index (χ0n) is 19.0. The molecule has 1 amide bonds. The van der Waals surface area contributed by atoms with Crippen LogP contribution in [0.1, 0.15) is 67.6 Å². The lowest BCUT2D eigenvalue weighted by molar-refractivity contribution is 0.0931. The molecule has 31 heavy (non-hydrogen) atoms. The Kier molecular flexibility index (Phi) is 7.55. The van der Waals surface area contributed by atoms with Gasteiger partial charge in [0.05, 0.1) is 10.9 Å². The maximum atomic E-state index is 13.2. The van der Waals surface area contributed by atoms with Crippen molar-refractivity contribution >= 4 is 15.9 Å². The highest BCUT2D eigenvalue weighted by molar-refractivity contribution is 7.89. The second kappa shape index (κ2) is 9.96. The number of carbonyl (C=O) groups is 1. The molecule has 0 bridgehead atoms. The fourth-order valence-corrected chi connectivity index (χ4v) is 5.55. The number of hydrogen-bond acceptors (Lipinski definition) is 3. The molecule has 0 aliphatic carbocycles. The molecule has 5 nitrogen and oxygen atoms in total. The Labute approximate surface area is 186 Å². The third-order valence-electron chi connectivity index (χ3n) is 6.05. The number of piperidine rings is 1. The molecule has 1 aliphatic heterocycles. The molecule has 0 unspecified atom stereocenters. The Morgan fingerprint density at radius 1 is 1.10 bits per heavy atom.